The van der Waals surface area contributed by atoms with E-state index in [2.05, 4.69) is 35.6 Å². The fourth-order valence-electron chi connectivity index (χ4n) is 8.27. The highest BCUT2D eigenvalue weighted by atomic mass is 16.5. The number of aliphatic hydroxyl groups is 1. The molecule has 1 aromatic carbocycles. The molecule has 0 spiro atoms. The number of fused-ring (bicyclic) bond motifs is 4. The van der Waals surface area contributed by atoms with Crippen molar-refractivity contribution in [1.82, 2.24) is 0 Å². The van der Waals surface area contributed by atoms with Crippen LogP contribution < -0.4 is 4.90 Å². The lowest BCUT2D eigenvalue weighted by atomic mass is 9.51. The van der Waals surface area contributed by atoms with Gasteiger partial charge in [-0.05, 0) is 105 Å². The minimum atomic E-state index is -1.00. The lowest BCUT2D eigenvalue weighted by molar-refractivity contribution is -0.140. The Morgan fingerprint density at radius 1 is 1.10 bits per heavy atom. The van der Waals surface area contributed by atoms with Gasteiger partial charge in [0.05, 0.1) is 7.11 Å². The van der Waals surface area contributed by atoms with Gasteiger partial charge in [0.15, 0.2) is 5.78 Å². The SMILES string of the molecule is CC#C[C@]1(O)CC[C@H]2[C@@H]3CCC4=CC(=O)CCC4=C3[C@@H](c3ccc(N(C)C(=O)CCCCC(=O)OC)cc3)C[C@@]21C. The maximum absolute atomic E-state index is 12.8. The van der Waals surface area contributed by atoms with Crippen molar-refractivity contribution in [2.75, 3.05) is 19.1 Å². The Morgan fingerprint density at radius 2 is 1.83 bits per heavy atom. The van der Waals surface area contributed by atoms with Crippen molar-refractivity contribution >= 4 is 23.3 Å². The minimum absolute atomic E-state index is 0.0173. The summed E-state index contributed by atoms with van der Waals surface area (Å²) in [6.45, 7) is 4.06. The van der Waals surface area contributed by atoms with Crippen molar-refractivity contribution in [1.29, 1.82) is 0 Å². The van der Waals surface area contributed by atoms with E-state index in [0.29, 0.717) is 50.4 Å². The first-order valence-corrected chi connectivity index (χ1v) is 15.2. The number of amides is 1. The van der Waals surface area contributed by atoms with Crippen LogP contribution >= 0.6 is 0 Å². The van der Waals surface area contributed by atoms with E-state index in [9.17, 15) is 19.5 Å². The number of hydrogen-bond donors (Lipinski definition) is 1. The molecule has 1 aromatic rings. The van der Waals surface area contributed by atoms with Crippen molar-refractivity contribution < 1.29 is 24.2 Å². The van der Waals surface area contributed by atoms with Crippen molar-refractivity contribution in [3.63, 3.8) is 0 Å². The van der Waals surface area contributed by atoms with Crippen LogP contribution in [0.25, 0.3) is 0 Å². The molecular formula is C35H43NO5. The molecule has 4 aliphatic carbocycles. The fourth-order valence-corrected chi connectivity index (χ4v) is 8.27. The summed E-state index contributed by atoms with van der Waals surface area (Å²) >= 11 is 0. The molecule has 0 bridgehead atoms. The van der Waals surface area contributed by atoms with Crippen molar-refractivity contribution in [3.8, 4) is 11.8 Å². The van der Waals surface area contributed by atoms with E-state index in [1.807, 2.05) is 25.1 Å². The molecule has 0 aromatic heterocycles. The standard InChI is InChI=1S/C35H43NO5/c1-5-19-35(40)20-18-30-28-16-12-24-21-26(37)15-17-27(24)33(28)29(22-34(30,35)2)23-10-13-25(14-11-23)36(3)31(38)8-6-7-9-32(39)41-4/h10-11,13-14,21,28-30,40H,6-9,12,15-18,20,22H2,1-4H3/t28-,29+,30-,34-,35-/m0/s1. The number of carbonyl (C=O) groups is 3. The summed E-state index contributed by atoms with van der Waals surface area (Å²) in [6, 6.07) is 8.32. The zero-order valence-corrected chi connectivity index (χ0v) is 24.9. The Labute approximate surface area is 244 Å². The maximum Gasteiger partial charge on any atom is 0.305 e. The Hall–Kier alpha value is -3.17. The molecule has 0 radical (unpaired) electrons. The van der Waals surface area contributed by atoms with Gasteiger partial charge in [0.25, 0.3) is 0 Å². The molecule has 2 saturated carbocycles. The third-order valence-corrected chi connectivity index (χ3v) is 10.5. The highest BCUT2D eigenvalue weighted by molar-refractivity contribution is 5.93. The molecule has 4 aliphatic rings. The lowest BCUT2D eigenvalue weighted by Gasteiger charge is -2.53. The first-order valence-electron chi connectivity index (χ1n) is 15.2. The number of unbranched alkanes of at least 4 members (excludes halogenated alkanes) is 1. The molecule has 1 N–H and O–H groups in total. The highest BCUT2D eigenvalue weighted by Gasteiger charge is 2.62. The molecule has 0 aliphatic heterocycles. The van der Waals surface area contributed by atoms with Crippen molar-refractivity contribution in [2.45, 2.75) is 96.0 Å². The number of methoxy groups -OCH3 is 1. The van der Waals surface area contributed by atoms with Gasteiger partial charge in [-0.15, -0.1) is 5.92 Å². The highest BCUT2D eigenvalue weighted by Crippen LogP contribution is 2.66. The van der Waals surface area contributed by atoms with E-state index in [1.54, 1.807) is 11.9 Å². The summed E-state index contributed by atoms with van der Waals surface area (Å²) in [6.07, 6.45) is 9.65. The van der Waals surface area contributed by atoms with Crippen LogP contribution in [0.3, 0.4) is 0 Å². The average molecular weight is 558 g/mol. The van der Waals surface area contributed by atoms with E-state index >= 15 is 0 Å². The van der Waals surface area contributed by atoms with E-state index in [4.69, 9.17) is 0 Å². The fraction of sp³-hybridized carbons (Fsp3) is 0.571. The van der Waals surface area contributed by atoms with Crippen LogP contribution in [0.1, 0.15) is 96.0 Å². The van der Waals surface area contributed by atoms with Gasteiger partial charge in [0.1, 0.15) is 5.60 Å². The monoisotopic (exact) mass is 557 g/mol. The van der Waals surface area contributed by atoms with Crippen LogP contribution in [0.2, 0.25) is 0 Å². The van der Waals surface area contributed by atoms with Gasteiger partial charge in [-0.25, -0.2) is 0 Å². The number of benzene rings is 1. The topological polar surface area (TPSA) is 83.9 Å². The van der Waals surface area contributed by atoms with E-state index in [0.717, 1.165) is 37.8 Å². The van der Waals surface area contributed by atoms with Gasteiger partial charge in [-0.3, -0.25) is 14.4 Å². The number of rotatable bonds is 7. The molecule has 5 atom stereocenters. The van der Waals surface area contributed by atoms with Gasteiger partial charge in [0, 0.05) is 43.3 Å². The molecule has 1 amide bonds. The number of carbonyl (C=O) groups excluding carboxylic acids is 3. The summed E-state index contributed by atoms with van der Waals surface area (Å²) in [4.78, 5) is 38.2. The van der Waals surface area contributed by atoms with Gasteiger partial charge in [0.2, 0.25) is 5.91 Å². The third kappa shape index (κ3) is 5.30. The van der Waals surface area contributed by atoms with E-state index < -0.39 is 5.60 Å². The number of allylic oxidation sites excluding steroid dienone is 4. The van der Waals surface area contributed by atoms with Gasteiger partial charge >= 0.3 is 5.97 Å². The van der Waals surface area contributed by atoms with Gasteiger partial charge < -0.3 is 14.7 Å². The quantitative estimate of drug-likeness (QED) is 0.251. The van der Waals surface area contributed by atoms with Gasteiger partial charge in [-0.1, -0.05) is 30.6 Å². The summed E-state index contributed by atoms with van der Waals surface area (Å²) in [5.74, 6) is 7.12. The lowest BCUT2D eigenvalue weighted by Crippen LogP contribution is -2.51. The Kier molecular flexibility index (Phi) is 8.30. The molecule has 0 saturated heterocycles. The normalized spacial score (nSPS) is 30.3. The second kappa shape index (κ2) is 11.6. The second-order valence-electron chi connectivity index (χ2n) is 12.6. The van der Waals surface area contributed by atoms with E-state index in [-0.39, 0.29) is 29.0 Å². The summed E-state index contributed by atoms with van der Waals surface area (Å²) in [5, 5.41) is 11.9. The predicted octanol–water partition coefficient (Wildman–Crippen LogP) is 6.04. The van der Waals surface area contributed by atoms with Crippen LogP contribution in [0, 0.1) is 29.1 Å². The molecule has 2 fully saturated rings. The number of ketones is 1. The maximum atomic E-state index is 12.8. The molecular weight excluding hydrogens is 514 g/mol. The number of esters is 1. The Balaban J connectivity index is 1.44. The molecule has 41 heavy (non-hydrogen) atoms. The summed E-state index contributed by atoms with van der Waals surface area (Å²) < 4.78 is 4.68. The minimum Gasteiger partial charge on any atom is -0.469 e. The molecule has 5 rings (SSSR count). The van der Waals surface area contributed by atoms with E-state index in [1.165, 1.54) is 29.4 Å². The van der Waals surface area contributed by atoms with Crippen molar-refractivity contribution in [3.05, 3.63) is 52.6 Å². The number of hydrogen-bond acceptors (Lipinski definition) is 5. The molecule has 0 unspecified atom stereocenters. The summed E-state index contributed by atoms with van der Waals surface area (Å²) in [5.41, 5.74) is 4.79. The van der Waals surface area contributed by atoms with Crippen LogP contribution in [0.15, 0.2) is 47.1 Å². The molecule has 218 valence electrons. The van der Waals surface area contributed by atoms with Crippen molar-refractivity contribution in [2.24, 2.45) is 17.3 Å². The third-order valence-electron chi connectivity index (χ3n) is 10.5. The Bertz CT molecular complexity index is 1340. The van der Waals surface area contributed by atoms with Crippen LogP contribution in [0.5, 0.6) is 0 Å². The summed E-state index contributed by atoms with van der Waals surface area (Å²) in [7, 11) is 3.17. The molecule has 0 heterocycles. The predicted molar refractivity (Wildman–Crippen MR) is 159 cm³/mol. The first kappa shape index (κ1) is 29.3. The van der Waals surface area contributed by atoms with Gasteiger partial charge in [-0.2, -0.15) is 0 Å². The Morgan fingerprint density at radius 3 is 2.54 bits per heavy atom. The number of nitrogens with zero attached hydrogens (tertiary/aromatic N) is 1. The van der Waals surface area contributed by atoms with Crippen LogP contribution in [0.4, 0.5) is 5.69 Å². The molecule has 6 heteroatoms. The smallest absolute Gasteiger partial charge is 0.305 e. The molecule has 6 nitrogen and oxygen atoms in total. The zero-order valence-electron chi connectivity index (χ0n) is 24.9. The largest absolute Gasteiger partial charge is 0.469 e. The first-order chi connectivity index (χ1) is 19.6. The number of anilines is 1. The second-order valence-corrected chi connectivity index (χ2v) is 12.6. The zero-order chi connectivity index (χ0) is 29.4. The number of ether oxygens (including phenoxy) is 1. The van der Waals surface area contributed by atoms with Crippen LogP contribution in [-0.4, -0.2) is 42.5 Å². The van der Waals surface area contributed by atoms with Crippen LogP contribution in [-0.2, 0) is 19.1 Å². The average Bonchev–Trinajstić information content (AvgIpc) is 3.23.